The van der Waals surface area contributed by atoms with Crippen LogP contribution in [-0.2, 0) is 35.6 Å². The Kier molecular flexibility index (Phi) is 7.46. The van der Waals surface area contributed by atoms with E-state index in [4.69, 9.17) is 4.74 Å². The average molecular weight is 483 g/mol. The third kappa shape index (κ3) is 5.91. The van der Waals surface area contributed by atoms with Crippen LogP contribution in [0.5, 0.6) is 0 Å². The number of amides is 2. The van der Waals surface area contributed by atoms with Crippen molar-refractivity contribution in [1.82, 2.24) is 20.2 Å². The van der Waals surface area contributed by atoms with Crippen LogP contribution in [0.4, 0.5) is 0 Å². The summed E-state index contributed by atoms with van der Waals surface area (Å²) in [6.07, 6.45) is 6.43. The predicted molar refractivity (Wildman–Crippen MR) is 128 cm³/mol. The molecule has 1 saturated heterocycles. The number of nitrogens with zero attached hydrogens (tertiary/aromatic N) is 3. The number of fused-ring (bicyclic) bond motifs is 2. The highest BCUT2D eigenvalue weighted by atomic mass is 16.5. The minimum atomic E-state index is -0.626. The van der Waals surface area contributed by atoms with Crippen LogP contribution >= 0.6 is 0 Å². The van der Waals surface area contributed by atoms with E-state index in [1.54, 1.807) is 0 Å². The molecule has 0 saturated carbocycles. The molecule has 2 aromatic rings. The van der Waals surface area contributed by atoms with Gasteiger partial charge in [-0.3, -0.25) is 14.5 Å². The van der Waals surface area contributed by atoms with Crippen molar-refractivity contribution in [3.63, 3.8) is 0 Å². The smallest absolute Gasteiger partial charge is 0.259 e. The third-order valence-electron chi connectivity index (χ3n) is 7.40. The van der Waals surface area contributed by atoms with Gasteiger partial charge in [0.1, 0.15) is 5.56 Å². The third-order valence-corrected chi connectivity index (χ3v) is 7.40. The van der Waals surface area contributed by atoms with Gasteiger partial charge in [-0.15, -0.1) is 4.68 Å². The molecule has 3 aliphatic heterocycles. The van der Waals surface area contributed by atoms with Gasteiger partial charge in [-0.1, -0.05) is 24.3 Å². The fourth-order valence-corrected chi connectivity index (χ4v) is 5.36. The number of aromatic nitrogens is 2. The van der Waals surface area contributed by atoms with Crippen LogP contribution < -0.4 is 15.3 Å². The fraction of sp³-hybridized carbons (Fsp3) is 0.577. The molecule has 2 amide bonds. The number of aliphatic hydroxyl groups excluding tert-OH is 1. The second-order valence-electron chi connectivity index (χ2n) is 10.00. The van der Waals surface area contributed by atoms with Crippen molar-refractivity contribution < 1.29 is 24.1 Å². The highest BCUT2D eigenvalue weighted by molar-refractivity contribution is 5.93. The molecule has 1 aromatic heterocycles. The number of nitrogens with one attached hydrogen (secondary N) is 2. The standard InChI is InChI=1S/C26H35N5O4/c32-24(18-29-9-5-19-3-1-2-4-21(19)14-29)13-27-25(33)22-15-30-10-6-23(17-31(30)16-22)28-26(34)20-7-11-35-12-8-20/h1-4,15-16,20,23-24,32H,5-14,17-18H2,(H-,27,28,33,34)/p+1/t23?,24-/m1/s1. The Labute approximate surface area is 206 Å². The lowest BCUT2D eigenvalue weighted by Crippen LogP contribution is -2.57. The number of β-amino-alcohol motifs (C(OH)–C–C–N with tert-alkyl or cyclic N) is 1. The maximum atomic E-state index is 12.7. The van der Waals surface area contributed by atoms with E-state index >= 15 is 0 Å². The zero-order valence-electron chi connectivity index (χ0n) is 20.2. The summed E-state index contributed by atoms with van der Waals surface area (Å²) in [4.78, 5) is 27.6. The van der Waals surface area contributed by atoms with E-state index in [-0.39, 0.29) is 30.3 Å². The van der Waals surface area contributed by atoms with Crippen LogP contribution in [0.2, 0.25) is 0 Å². The van der Waals surface area contributed by atoms with E-state index in [0.29, 0.717) is 31.9 Å². The molecule has 188 valence electrons. The Bertz CT molecular complexity index is 1050. The largest absolute Gasteiger partial charge is 0.390 e. The molecule has 5 rings (SSSR count). The van der Waals surface area contributed by atoms with Gasteiger partial charge in [0.2, 0.25) is 12.1 Å². The van der Waals surface area contributed by atoms with Crippen molar-refractivity contribution in [2.45, 2.75) is 57.5 Å². The van der Waals surface area contributed by atoms with Gasteiger partial charge in [0.15, 0.2) is 6.54 Å². The summed E-state index contributed by atoms with van der Waals surface area (Å²) >= 11 is 0. The first kappa shape index (κ1) is 24.0. The molecule has 2 atom stereocenters. The van der Waals surface area contributed by atoms with E-state index < -0.39 is 6.10 Å². The van der Waals surface area contributed by atoms with E-state index in [0.717, 1.165) is 45.3 Å². The molecule has 35 heavy (non-hydrogen) atoms. The van der Waals surface area contributed by atoms with Crippen molar-refractivity contribution in [2.75, 3.05) is 32.8 Å². The van der Waals surface area contributed by atoms with Crippen molar-refractivity contribution in [1.29, 1.82) is 0 Å². The zero-order chi connectivity index (χ0) is 24.2. The number of carbonyl (C=O) groups excluding carboxylic acids is 2. The lowest BCUT2D eigenvalue weighted by molar-refractivity contribution is -0.783. The van der Waals surface area contributed by atoms with Gasteiger partial charge in [0.25, 0.3) is 5.91 Å². The number of benzene rings is 1. The van der Waals surface area contributed by atoms with E-state index in [1.807, 2.05) is 21.8 Å². The second-order valence-corrected chi connectivity index (χ2v) is 10.00. The molecule has 1 unspecified atom stereocenters. The van der Waals surface area contributed by atoms with Gasteiger partial charge in [-0.25, -0.2) is 0 Å². The summed E-state index contributed by atoms with van der Waals surface area (Å²) in [6, 6.07) is 8.49. The number of carbonyl (C=O) groups is 2. The van der Waals surface area contributed by atoms with Crippen LogP contribution in [0, 0.1) is 5.92 Å². The lowest BCUT2D eigenvalue weighted by atomic mass is 9.98. The first-order valence-corrected chi connectivity index (χ1v) is 12.8. The van der Waals surface area contributed by atoms with Crippen LogP contribution in [0.15, 0.2) is 36.7 Å². The van der Waals surface area contributed by atoms with Gasteiger partial charge in [0, 0.05) is 45.3 Å². The van der Waals surface area contributed by atoms with Gasteiger partial charge in [0.05, 0.1) is 24.9 Å². The fourth-order valence-electron chi connectivity index (χ4n) is 5.36. The van der Waals surface area contributed by atoms with Crippen LogP contribution in [-0.4, -0.2) is 71.5 Å². The molecule has 4 heterocycles. The van der Waals surface area contributed by atoms with Crippen molar-refractivity contribution >= 4 is 11.8 Å². The minimum absolute atomic E-state index is 0.0370. The summed E-state index contributed by atoms with van der Waals surface area (Å²) in [7, 11) is 0. The minimum Gasteiger partial charge on any atom is -0.390 e. The van der Waals surface area contributed by atoms with E-state index in [9.17, 15) is 14.7 Å². The molecular formula is C26H36N5O4+. The van der Waals surface area contributed by atoms with Crippen LogP contribution in [0.1, 0.15) is 40.7 Å². The highest BCUT2D eigenvalue weighted by Crippen LogP contribution is 2.18. The summed E-state index contributed by atoms with van der Waals surface area (Å²) in [5.74, 6) is -0.0387. The number of hydrogen-bond acceptors (Lipinski definition) is 5. The number of aliphatic hydroxyl groups is 1. The maximum absolute atomic E-state index is 12.7. The van der Waals surface area contributed by atoms with Gasteiger partial charge >= 0.3 is 0 Å². The monoisotopic (exact) mass is 482 g/mol. The van der Waals surface area contributed by atoms with Crippen molar-refractivity contribution in [2.24, 2.45) is 5.92 Å². The number of rotatable bonds is 7. The summed E-state index contributed by atoms with van der Waals surface area (Å²) in [5, 5.41) is 16.6. The SMILES string of the molecule is O=C(NC[C@@H](O)CN1CCc2ccccc2C1)c1cn2[n+](c1)CC(NC(=O)C1CCOCC1)CC2. The molecule has 0 aliphatic carbocycles. The number of aryl methyl sites for hydroxylation is 1. The Morgan fingerprint density at radius 2 is 1.94 bits per heavy atom. The van der Waals surface area contributed by atoms with Gasteiger partial charge < -0.3 is 20.5 Å². The van der Waals surface area contributed by atoms with Gasteiger partial charge in [-0.2, -0.15) is 4.68 Å². The topological polar surface area (TPSA) is 99.7 Å². The summed E-state index contributed by atoms with van der Waals surface area (Å²) in [5.41, 5.74) is 3.27. The second kappa shape index (κ2) is 10.9. The highest BCUT2D eigenvalue weighted by Gasteiger charge is 2.31. The quantitative estimate of drug-likeness (QED) is 0.491. The Morgan fingerprint density at radius 1 is 1.14 bits per heavy atom. The summed E-state index contributed by atoms with van der Waals surface area (Å²) in [6.45, 7) is 5.18. The molecule has 3 N–H and O–H groups in total. The zero-order valence-corrected chi connectivity index (χ0v) is 20.2. The van der Waals surface area contributed by atoms with E-state index in [2.05, 4.69) is 39.8 Å². The molecule has 3 aliphatic rings. The molecule has 1 fully saturated rings. The molecule has 0 radical (unpaired) electrons. The molecule has 9 nitrogen and oxygen atoms in total. The van der Waals surface area contributed by atoms with Crippen molar-refractivity contribution in [3.8, 4) is 0 Å². The first-order valence-electron chi connectivity index (χ1n) is 12.8. The Hall–Kier alpha value is -2.75. The van der Waals surface area contributed by atoms with Crippen LogP contribution in [0.25, 0.3) is 0 Å². The maximum Gasteiger partial charge on any atom is 0.259 e. The molecule has 9 heteroatoms. The number of hydrogen-bond donors (Lipinski definition) is 3. The van der Waals surface area contributed by atoms with Crippen molar-refractivity contribution in [3.05, 3.63) is 53.3 Å². The van der Waals surface area contributed by atoms with Crippen LogP contribution in [0.3, 0.4) is 0 Å². The Balaban J connectivity index is 1.08. The van der Waals surface area contributed by atoms with E-state index in [1.165, 1.54) is 11.1 Å². The predicted octanol–water partition coefficient (Wildman–Crippen LogP) is 0.240. The average Bonchev–Trinajstić information content (AvgIpc) is 3.31. The van der Waals surface area contributed by atoms with Gasteiger partial charge in [-0.05, 0) is 36.8 Å². The molecule has 0 spiro atoms. The number of ether oxygens (including phenoxy) is 1. The first-order chi connectivity index (χ1) is 17.0. The molecular weight excluding hydrogens is 446 g/mol. The normalized spacial score (nSPS) is 21.6. The molecule has 0 bridgehead atoms. The summed E-state index contributed by atoms with van der Waals surface area (Å²) < 4.78 is 9.37. The molecule has 1 aromatic carbocycles. The Morgan fingerprint density at radius 3 is 2.77 bits per heavy atom. The lowest BCUT2D eigenvalue weighted by Gasteiger charge is -2.30.